The van der Waals surface area contributed by atoms with Crippen LogP contribution in [0.1, 0.15) is 18.4 Å². The molecule has 2 heterocycles. The average Bonchev–Trinajstić information content (AvgIpc) is 2.39. The van der Waals surface area contributed by atoms with Gasteiger partial charge in [-0.15, -0.1) is 0 Å². The molecule has 0 bridgehead atoms. The van der Waals surface area contributed by atoms with E-state index in [0.29, 0.717) is 6.04 Å². The topological polar surface area (TPSA) is 31.4 Å². The normalized spacial score (nSPS) is 20.9. The van der Waals surface area contributed by atoms with E-state index in [4.69, 9.17) is 0 Å². The number of rotatable bonds is 4. The Bertz CT molecular complexity index is 380. The minimum absolute atomic E-state index is 0.584. The van der Waals surface area contributed by atoms with E-state index in [0.717, 1.165) is 18.9 Å². The highest BCUT2D eigenvalue weighted by Crippen LogP contribution is 2.19. The van der Waals surface area contributed by atoms with E-state index in [1.807, 2.05) is 13.2 Å². The lowest BCUT2D eigenvalue weighted by Gasteiger charge is -2.36. The zero-order valence-electron chi connectivity index (χ0n) is 11.7. The van der Waals surface area contributed by atoms with Gasteiger partial charge in [0, 0.05) is 32.4 Å². The SMILES string of the molecule is CNCc1ccnc(N(C)C2CCCN(C)C2)c1. The quantitative estimate of drug-likeness (QED) is 0.871. The van der Waals surface area contributed by atoms with Crippen molar-refractivity contribution in [2.75, 3.05) is 39.1 Å². The first-order valence-corrected chi connectivity index (χ1v) is 6.71. The van der Waals surface area contributed by atoms with Gasteiger partial charge in [0.05, 0.1) is 0 Å². The van der Waals surface area contributed by atoms with Crippen LogP contribution in [0.5, 0.6) is 0 Å². The second kappa shape index (κ2) is 6.16. The predicted molar refractivity (Wildman–Crippen MR) is 75.9 cm³/mol. The van der Waals surface area contributed by atoms with Gasteiger partial charge in [-0.25, -0.2) is 4.98 Å². The Balaban J connectivity index is 2.07. The molecule has 100 valence electrons. The lowest BCUT2D eigenvalue weighted by atomic mass is 10.0. The molecule has 1 unspecified atom stereocenters. The van der Waals surface area contributed by atoms with Crippen LogP contribution in [0.25, 0.3) is 0 Å². The van der Waals surface area contributed by atoms with Crippen LogP contribution in [-0.4, -0.2) is 50.2 Å². The summed E-state index contributed by atoms with van der Waals surface area (Å²) >= 11 is 0. The predicted octanol–water partition coefficient (Wildman–Crippen LogP) is 1.33. The molecule has 4 nitrogen and oxygen atoms in total. The fourth-order valence-corrected chi connectivity index (χ4v) is 2.61. The zero-order chi connectivity index (χ0) is 13.0. The van der Waals surface area contributed by atoms with Crippen LogP contribution in [-0.2, 0) is 6.54 Å². The van der Waals surface area contributed by atoms with Crippen LogP contribution in [0.3, 0.4) is 0 Å². The van der Waals surface area contributed by atoms with Crippen molar-refractivity contribution in [1.29, 1.82) is 0 Å². The second-order valence-electron chi connectivity index (χ2n) is 5.22. The molecule has 1 aromatic rings. The third kappa shape index (κ3) is 3.21. The number of pyridine rings is 1. The fourth-order valence-electron chi connectivity index (χ4n) is 2.61. The Morgan fingerprint density at radius 1 is 1.56 bits per heavy atom. The molecule has 1 aromatic heterocycles. The van der Waals surface area contributed by atoms with Crippen molar-refractivity contribution in [3.8, 4) is 0 Å². The summed E-state index contributed by atoms with van der Waals surface area (Å²) in [6, 6.07) is 4.84. The maximum Gasteiger partial charge on any atom is 0.128 e. The summed E-state index contributed by atoms with van der Waals surface area (Å²) in [6.07, 6.45) is 4.45. The monoisotopic (exact) mass is 248 g/mol. The average molecular weight is 248 g/mol. The molecule has 1 fully saturated rings. The third-order valence-electron chi connectivity index (χ3n) is 3.70. The molecule has 1 atom stereocenters. The molecule has 2 rings (SSSR count). The molecule has 0 aromatic carbocycles. The van der Waals surface area contributed by atoms with E-state index in [-0.39, 0.29) is 0 Å². The van der Waals surface area contributed by atoms with Gasteiger partial charge in [-0.1, -0.05) is 0 Å². The minimum Gasteiger partial charge on any atom is -0.355 e. The molecular weight excluding hydrogens is 224 g/mol. The van der Waals surface area contributed by atoms with E-state index in [1.165, 1.54) is 24.9 Å². The van der Waals surface area contributed by atoms with Gasteiger partial charge in [-0.05, 0) is 51.2 Å². The van der Waals surface area contributed by atoms with Crippen LogP contribution in [0, 0.1) is 0 Å². The molecule has 0 spiro atoms. The van der Waals surface area contributed by atoms with Gasteiger partial charge in [0.15, 0.2) is 0 Å². The van der Waals surface area contributed by atoms with Crippen molar-refractivity contribution < 1.29 is 0 Å². The second-order valence-corrected chi connectivity index (χ2v) is 5.22. The Kier molecular flexibility index (Phi) is 4.55. The largest absolute Gasteiger partial charge is 0.355 e. The summed E-state index contributed by atoms with van der Waals surface area (Å²) in [5.41, 5.74) is 1.29. The molecule has 0 saturated carbocycles. The maximum atomic E-state index is 4.50. The van der Waals surface area contributed by atoms with Gasteiger partial charge in [-0.2, -0.15) is 0 Å². The summed E-state index contributed by atoms with van der Waals surface area (Å²) in [4.78, 5) is 9.23. The molecule has 1 aliphatic rings. The van der Waals surface area contributed by atoms with Gasteiger partial charge >= 0.3 is 0 Å². The number of hydrogen-bond acceptors (Lipinski definition) is 4. The zero-order valence-corrected chi connectivity index (χ0v) is 11.7. The molecule has 1 saturated heterocycles. The van der Waals surface area contributed by atoms with Crippen LogP contribution < -0.4 is 10.2 Å². The van der Waals surface area contributed by atoms with Crippen molar-refractivity contribution in [2.24, 2.45) is 0 Å². The summed E-state index contributed by atoms with van der Waals surface area (Å²) in [6.45, 7) is 3.25. The van der Waals surface area contributed by atoms with E-state index >= 15 is 0 Å². The molecule has 1 N–H and O–H groups in total. The fraction of sp³-hybridized carbons (Fsp3) is 0.643. The van der Waals surface area contributed by atoms with Crippen LogP contribution in [0.15, 0.2) is 18.3 Å². The first-order valence-electron chi connectivity index (χ1n) is 6.71. The Hall–Kier alpha value is -1.13. The van der Waals surface area contributed by atoms with Crippen LogP contribution in [0.2, 0.25) is 0 Å². The number of hydrogen-bond donors (Lipinski definition) is 1. The molecule has 4 heteroatoms. The van der Waals surface area contributed by atoms with E-state index in [1.54, 1.807) is 0 Å². The maximum absolute atomic E-state index is 4.50. The molecule has 0 aliphatic carbocycles. The molecule has 18 heavy (non-hydrogen) atoms. The number of likely N-dealkylation sites (tertiary alicyclic amines) is 1. The lowest BCUT2D eigenvalue weighted by molar-refractivity contribution is 0.247. The summed E-state index contributed by atoms with van der Waals surface area (Å²) in [7, 11) is 6.33. The Labute approximate surface area is 110 Å². The molecule has 0 amide bonds. The van der Waals surface area contributed by atoms with Crippen molar-refractivity contribution in [3.63, 3.8) is 0 Å². The highest BCUT2D eigenvalue weighted by atomic mass is 15.2. The van der Waals surface area contributed by atoms with Crippen molar-refractivity contribution in [1.82, 2.24) is 15.2 Å². The number of nitrogens with one attached hydrogen (secondary N) is 1. The van der Waals surface area contributed by atoms with Crippen molar-refractivity contribution in [2.45, 2.75) is 25.4 Å². The standard InChI is InChI=1S/C14H24N4/c1-15-10-12-6-7-16-14(9-12)18(3)13-5-4-8-17(2)11-13/h6-7,9,13,15H,4-5,8,10-11H2,1-3H3. The van der Waals surface area contributed by atoms with Crippen LogP contribution in [0.4, 0.5) is 5.82 Å². The molecular formula is C14H24N4. The summed E-state index contributed by atoms with van der Waals surface area (Å²) in [5.74, 6) is 1.09. The van der Waals surface area contributed by atoms with Gasteiger partial charge < -0.3 is 15.1 Å². The third-order valence-corrected chi connectivity index (χ3v) is 3.70. The van der Waals surface area contributed by atoms with E-state index in [9.17, 15) is 0 Å². The number of anilines is 1. The van der Waals surface area contributed by atoms with Crippen LogP contribution >= 0.6 is 0 Å². The highest BCUT2D eigenvalue weighted by Gasteiger charge is 2.21. The van der Waals surface area contributed by atoms with Crippen molar-refractivity contribution >= 4 is 5.82 Å². The number of likely N-dealkylation sites (N-methyl/N-ethyl adjacent to an activating group) is 2. The number of aromatic nitrogens is 1. The van der Waals surface area contributed by atoms with E-state index < -0.39 is 0 Å². The summed E-state index contributed by atoms with van der Waals surface area (Å²) < 4.78 is 0. The van der Waals surface area contributed by atoms with E-state index in [2.05, 4.69) is 46.3 Å². The van der Waals surface area contributed by atoms with Gasteiger partial charge in [-0.3, -0.25) is 0 Å². The Morgan fingerprint density at radius 2 is 2.39 bits per heavy atom. The molecule has 0 radical (unpaired) electrons. The highest BCUT2D eigenvalue weighted by molar-refractivity contribution is 5.41. The first kappa shape index (κ1) is 13.3. The Morgan fingerprint density at radius 3 is 3.11 bits per heavy atom. The number of piperidine rings is 1. The van der Waals surface area contributed by atoms with Gasteiger partial charge in [0.1, 0.15) is 5.82 Å². The smallest absolute Gasteiger partial charge is 0.128 e. The van der Waals surface area contributed by atoms with Crippen molar-refractivity contribution in [3.05, 3.63) is 23.9 Å². The summed E-state index contributed by atoms with van der Waals surface area (Å²) in [5, 5.41) is 3.18. The van der Waals surface area contributed by atoms with Gasteiger partial charge in [0.25, 0.3) is 0 Å². The minimum atomic E-state index is 0.584. The first-order chi connectivity index (χ1) is 8.70. The van der Waals surface area contributed by atoms with Gasteiger partial charge in [0.2, 0.25) is 0 Å². The molecule has 1 aliphatic heterocycles. The lowest BCUT2D eigenvalue weighted by Crippen LogP contribution is -2.45. The number of nitrogens with zero attached hydrogens (tertiary/aromatic N) is 3.